The molecule has 3 heterocycles. The molecule has 6 heteroatoms. The molecule has 0 saturated heterocycles. The summed E-state index contributed by atoms with van der Waals surface area (Å²) in [5, 5.41) is 4.86. The van der Waals surface area contributed by atoms with Crippen LogP contribution in [-0.2, 0) is 6.42 Å². The Morgan fingerprint density at radius 3 is 2.76 bits per heavy atom. The van der Waals surface area contributed by atoms with E-state index in [2.05, 4.69) is 59.4 Å². The number of allylic oxidation sites excluding steroid dienone is 1. The van der Waals surface area contributed by atoms with Crippen LogP contribution in [0.5, 0.6) is 0 Å². The number of aromatic nitrogens is 2. The number of nitrogens with one attached hydrogen (secondary N) is 1. The van der Waals surface area contributed by atoms with Crippen LogP contribution >= 0.6 is 11.3 Å². The first-order valence-corrected chi connectivity index (χ1v) is 11.4. The van der Waals surface area contributed by atoms with Crippen LogP contribution in [0.2, 0.25) is 0 Å². The maximum absolute atomic E-state index is 6.29. The van der Waals surface area contributed by atoms with E-state index in [1.54, 1.807) is 17.7 Å². The highest BCUT2D eigenvalue weighted by atomic mass is 32.1. The summed E-state index contributed by atoms with van der Waals surface area (Å²) in [6.45, 7) is 2.16. The Bertz CT molecular complexity index is 1060. The van der Waals surface area contributed by atoms with Crippen molar-refractivity contribution in [2.24, 2.45) is 0 Å². The molecule has 0 aliphatic heterocycles. The van der Waals surface area contributed by atoms with Gasteiger partial charge in [0.15, 0.2) is 0 Å². The predicted octanol–water partition coefficient (Wildman–Crippen LogP) is 5.50. The number of fused-ring (bicyclic) bond motifs is 2. The molecular formula is C23H28N4OS. The topological polar surface area (TPSA) is 54.2 Å². The van der Waals surface area contributed by atoms with Gasteiger partial charge in [0.2, 0.25) is 0 Å². The lowest BCUT2D eigenvalue weighted by molar-refractivity contribution is 0.221. The number of anilines is 1. The first kappa shape index (κ1) is 18.8. The fourth-order valence-electron chi connectivity index (χ4n) is 4.71. The third-order valence-corrected chi connectivity index (χ3v) is 7.37. The lowest BCUT2D eigenvalue weighted by atomic mass is 9.90. The average molecular weight is 409 g/mol. The van der Waals surface area contributed by atoms with Gasteiger partial charge in [0.1, 0.15) is 28.5 Å². The normalized spacial score (nSPS) is 21.7. The molecule has 29 heavy (non-hydrogen) atoms. The molecule has 0 unspecified atom stereocenters. The fourth-order valence-corrected chi connectivity index (χ4v) is 5.70. The standard InChI is InChI=1S/C23H28N4OS/c1-14-20(19-12-15-6-4-5-7-18(15)28-19)21-22(24-13-25-23(21)29-14)26-16-8-10-17(11-9-16)27(2)3/h4,6,12-13,16-17H,5,7-11H2,1-3H3,(H,24,25,26). The highest BCUT2D eigenvalue weighted by molar-refractivity contribution is 7.19. The largest absolute Gasteiger partial charge is 0.460 e. The van der Waals surface area contributed by atoms with Crippen LogP contribution in [0.3, 0.4) is 0 Å². The van der Waals surface area contributed by atoms with Crippen LogP contribution in [0, 0.1) is 6.92 Å². The zero-order chi connectivity index (χ0) is 20.0. The van der Waals surface area contributed by atoms with Crippen LogP contribution in [-0.4, -0.2) is 41.0 Å². The Kier molecular flexibility index (Phi) is 4.92. The van der Waals surface area contributed by atoms with E-state index < -0.39 is 0 Å². The van der Waals surface area contributed by atoms with E-state index in [-0.39, 0.29) is 0 Å². The fraction of sp³-hybridized carbons (Fsp3) is 0.478. The molecule has 0 radical (unpaired) electrons. The van der Waals surface area contributed by atoms with Gasteiger partial charge in [0.25, 0.3) is 0 Å². The molecule has 1 saturated carbocycles. The number of hydrogen-bond acceptors (Lipinski definition) is 6. The van der Waals surface area contributed by atoms with E-state index >= 15 is 0 Å². The summed E-state index contributed by atoms with van der Waals surface area (Å²) in [5.74, 6) is 2.99. The van der Waals surface area contributed by atoms with Crippen LogP contribution in [0.15, 0.2) is 22.9 Å². The molecular weight excluding hydrogens is 380 g/mol. The molecule has 0 bridgehead atoms. The van der Waals surface area contributed by atoms with Crippen molar-refractivity contribution in [3.8, 4) is 11.3 Å². The second-order valence-corrected chi connectivity index (χ2v) is 9.68. The van der Waals surface area contributed by atoms with E-state index in [0.717, 1.165) is 46.0 Å². The number of rotatable bonds is 4. The number of aryl methyl sites for hydroxylation is 2. The molecule has 3 aromatic rings. The SMILES string of the molecule is Cc1sc2ncnc(NC3CCC(N(C)C)CC3)c2c1-c1cc2c(o1)CCC=C2. The summed E-state index contributed by atoms with van der Waals surface area (Å²) >= 11 is 1.72. The van der Waals surface area contributed by atoms with E-state index in [4.69, 9.17) is 4.42 Å². The Hall–Kier alpha value is -2.18. The lowest BCUT2D eigenvalue weighted by Crippen LogP contribution is -2.36. The lowest BCUT2D eigenvalue weighted by Gasteiger charge is -2.33. The molecule has 3 aromatic heterocycles. The summed E-state index contributed by atoms with van der Waals surface area (Å²) in [5.41, 5.74) is 2.36. The molecule has 2 aliphatic rings. The van der Waals surface area contributed by atoms with Crippen molar-refractivity contribution in [1.29, 1.82) is 0 Å². The van der Waals surface area contributed by atoms with Crippen molar-refractivity contribution in [2.45, 2.75) is 57.5 Å². The summed E-state index contributed by atoms with van der Waals surface area (Å²) in [6, 6.07) is 3.34. The van der Waals surface area contributed by atoms with Gasteiger partial charge in [0.05, 0.1) is 5.39 Å². The van der Waals surface area contributed by atoms with Gasteiger partial charge in [-0.2, -0.15) is 0 Å². The van der Waals surface area contributed by atoms with Crippen LogP contribution in [0.25, 0.3) is 27.6 Å². The predicted molar refractivity (Wildman–Crippen MR) is 121 cm³/mol. The summed E-state index contributed by atoms with van der Waals surface area (Å²) < 4.78 is 6.29. The van der Waals surface area contributed by atoms with Gasteiger partial charge in [-0.15, -0.1) is 11.3 Å². The molecule has 1 N–H and O–H groups in total. The van der Waals surface area contributed by atoms with E-state index in [9.17, 15) is 0 Å². The Labute approximate surface area is 175 Å². The summed E-state index contributed by atoms with van der Waals surface area (Å²) in [6.07, 6.45) is 12.9. The van der Waals surface area contributed by atoms with Crippen molar-refractivity contribution in [3.05, 3.63) is 34.7 Å². The molecule has 5 nitrogen and oxygen atoms in total. The molecule has 152 valence electrons. The summed E-state index contributed by atoms with van der Waals surface area (Å²) in [7, 11) is 4.37. The summed E-state index contributed by atoms with van der Waals surface area (Å²) in [4.78, 5) is 13.8. The zero-order valence-corrected chi connectivity index (χ0v) is 18.2. The van der Waals surface area contributed by atoms with Gasteiger partial charge >= 0.3 is 0 Å². The molecule has 0 spiro atoms. The van der Waals surface area contributed by atoms with Crippen molar-refractivity contribution in [1.82, 2.24) is 14.9 Å². The molecule has 0 atom stereocenters. The van der Waals surface area contributed by atoms with Crippen molar-refractivity contribution >= 4 is 33.4 Å². The molecule has 2 aliphatic carbocycles. The highest BCUT2D eigenvalue weighted by Crippen LogP contribution is 2.43. The van der Waals surface area contributed by atoms with Gasteiger partial charge in [-0.05, 0) is 59.2 Å². The van der Waals surface area contributed by atoms with Gasteiger partial charge in [-0.25, -0.2) is 9.97 Å². The Morgan fingerprint density at radius 2 is 2.00 bits per heavy atom. The van der Waals surface area contributed by atoms with Crippen molar-refractivity contribution in [2.75, 3.05) is 19.4 Å². The molecule has 0 aromatic carbocycles. The van der Waals surface area contributed by atoms with Crippen LogP contribution < -0.4 is 5.32 Å². The highest BCUT2D eigenvalue weighted by Gasteiger charge is 2.25. The van der Waals surface area contributed by atoms with E-state index in [1.165, 1.54) is 36.1 Å². The van der Waals surface area contributed by atoms with Gasteiger partial charge in [-0.3, -0.25) is 0 Å². The average Bonchev–Trinajstić information content (AvgIpc) is 3.28. The second kappa shape index (κ2) is 7.58. The Balaban J connectivity index is 1.49. The van der Waals surface area contributed by atoms with Crippen LogP contribution in [0.1, 0.15) is 48.3 Å². The first-order valence-electron chi connectivity index (χ1n) is 10.6. The third kappa shape index (κ3) is 3.49. The van der Waals surface area contributed by atoms with E-state index in [0.29, 0.717) is 12.1 Å². The van der Waals surface area contributed by atoms with Crippen molar-refractivity contribution in [3.63, 3.8) is 0 Å². The van der Waals surface area contributed by atoms with Gasteiger partial charge in [-0.1, -0.05) is 12.2 Å². The molecule has 5 rings (SSSR count). The van der Waals surface area contributed by atoms with E-state index in [1.807, 2.05) is 0 Å². The molecule has 1 fully saturated rings. The van der Waals surface area contributed by atoms with Crippen molar-refractivity contribution < 1.29 is 4.42 Å². The number of furan rings is 1. The first-order chi connectivity index (χ1) is 14.1. The second-order valence-electron chi connectivity index (χ2n) is 8.48. The van der Waals surface area contributed by atoms with Gasteiger partial charge in [0, 0.05) is 34.5 Å². The maximum Gasteiger partial charge on any atom is 0.139 e. The number of thiophene rings is 1. The maximum atomic E-state index is 6.29. The minimum atomic E-state index is 0.463. The monoisotopic (exact) mass is 408 g/mol. The van der Waals surface area contributed by atoms with Crippen LogP contribution in [0.4, 0.5) is 5.82 Å². The minimum absolute atomic E-state index is 0.463. The zero-order valence-electron chi connectivity index (χ0n) is 17.4. The number of hydrogen-bond donors (Lipinski definition) is 1. The smallest absolute Gasteiger partial charge is 0.139 e. The number of nitrogens with zero attached hydrogens (tertiary/aromatic N) is 3. The quantitative estimate of drug-likeness (QED) is 0.617. The Morgan fingerprint density at radius 1 is 1.17 bits per heavy atom. The third-order valence-electron chi connectivity index (χ3n) is 6.36. The minimum Gasteiger partial charge on any atom is -0.460 e. The van der Waals surface area contributed by atoms with Gasteiger partial charge < -0.3 is 14.6 Å². The molecule has 0 amide bonds.